The highest BCUT2D eigenvalue weighted by atomic mass is 79.9. The Morgan fingerprint density at radius 2 is 2.29 bits per heavy atom. The molecule has 2 heterocycles. The molecule has 21 heavy (non-hydrogen) atoms. The molecule has 1 aliphatic heterocycles. The Bertz CT molecular complexity index is 566. The summed E-state index contributed by atoms with van der Waals surface area (Å²) in [5.41, 5.74) is -1.06. The van der Waals surface area contributed by atoms with Gasteiger partial charge in [0.05, 0.1) is 0 Å². The predicted molar refractivity (Wildman–Crippen MR) is 81.7 cm³/mol. The number of aliphatic carboxylic acids is 1. The van der Waals surface area contributed by atoms with Gasteiger partial charge in [0.25, 0.3) is 0 Å². The first kappa shape index (κ1) is 15.8. The summed E-state index contributed by atoms with van der Waals surface area (Å²) in [4.78, 5) is 25.5. The molecule has 0 aromatic carbocycles. The van der Waals surface area contributed by atoms with Gasteiger partial charge in [-0.25, -0.2) is 4.79 Å². The van der Waals surface area contributed by atoms with Crippen molar-refractivity contribution < 1.29 is 19.1 Å². The minimum absolute atomic E-state index is 0.282. The van der Waals surface area contributed by atoms with Crippen LogP contribution in [-0.2, 0) is 9.59 Å². The number of rotatable bonds is 5. The van der Waals surface area contributed by atoms with Crippen LogP contribution in [0.1, 0.15) is 38.4 Å². The van der Waals surface area contributed by atoms with Crippen molar-refractivity contribution in [3.8, 4) is 0 Å². The normalized spacial score (nSPS) is 22.1. The van der Waals surface area contributed by atoms with Gasteiger partial charge in [-0.15, -0.1) is 0 Å². The van der Waals surface area contributed by atoms with Crippen molar-refractivity contribution in [3.63, 3.8) is 0 Å². The summed E-state index contributed by atoms with van der Waals surface area (Å²) in [6.07, 6.45) is 5.38. The Kier molecular flexibility index (Phi) is 4.88. The van der Waals surface area contributed by atoms with Crippen LogP contribution in [0.25, 0.3) is 6.08 Å². The fourth-order valence-electron chi connectivity index (χ4n) is 2.86. The van der Waals surface area contributed by atoms with Crippen LogP contribution >= 0.6 is 15.9 Å². The lowest BCUT2D eigenvalue weighted by molar-refractivity contribution is -0.155. The molecule has 1 aromatic heterocycles. The van der Waals surface area contributed by atoms with Gasteiger partial charge >= 0.3 is 5.97 Å². The molecule has 1 aliphatic rings. The third-order valence-corrected chi connectivity index (χ3v) is 4.23. The summed E-state index contributed by atoms with van der Waals surface area (Å²) >= 11 is 3.19. The van der Waals surface area contributed by atoms with Crippen LogP contribution in [0.3, 0.4) is 0 Å². The lowest BCUT2D eigenvalue weighted by atomic mass is 9.90. The van der Waals surface area contributed by atoms with E-state index >= 15 is 0 Å². The standard InChI is InChI=1S/C15H18BrNO4/c1-2-8-15(14(19)20)9-3-10-17(15)13(18)7-5-11-4-6-12(16)21-11/h4-7H,2-3,8-10H2,1H3,(H,19,20)/b7-5+. The Morgan fingerprint density at radius 3 is 2.86 bits per heavy atom. The first-order chi connectivity index (χ1) is 9.99. The fourth-order valence-corrected chi connectivity index (χ4v) is 3.18. The van der Waals surface area contributed by atoms with Gasteiger partial charge in [0, 0.05) is 12.6 Å². The predicted octanol–water partition coefficient (Wildman–Crippen LogP) is 3.30. The van der Waals surface area contributed by atoms with E-state index in [9.17, 15) is 14.7 Å². The number of hydrogen-bond donors (Lipinski definition) is 1. The molecule has 6 heteroatoms. The van der Waals surface area contributed by atoms with Crippen LogP contribution in [0.2, 0.25) is 0 Å². The quantitative estimate of drug-likeness (QED) is 0.822. The van der Waals surface area contributed by atoms with Gasteiger partial charge in [-0.3, -0.25) is 4.79 Å². The molecular formula is C15H18BrNO4. The molecule has 0 saturated carbocycles. The van der Waals surface area contributed by atoms with Crippen molar-refractivity contribution in [1.82, 2.24) is 4.90 Å². The maximum atomic E-state index is 12.3. The highest BCUT2D eigenvalue weighted by Gasteiger charge is 2.48. The van der Waals surface area contributed by atoms with Gasteiger partial charge in [-0.1, -0.05) is 13.3 Å². The molecule has 0 radical (unpaired) electrons. The van der Waals surface area contributed by atoms with E-state index in [1.807, 2.05) is 6.92 Å². The van der Waals surface area contributed by atoms with Crippen molar-refractivity contribution in [3.05, 3.63) is 28.6 Å². The van der Waals surface area contributed by atoms with Gasteiger partial charge in [0.15, 0.2) is 4.67 Å². The zero-order valence-corrected chi connectivity index (χ0v) is 13.4. The molecule has 1 amide bonds. The summed E-state index contributed by atoms with van der Waals surface area (Å²) < 4.78 is 5.87. The van der Waals surface area contributed by atoms with E-state index in [1.54, 1.807) is 18.2 Å². The van der Waals surface area contributed by atoms with Crippen LogP contribution in [0.15, 0.2) is 27.3 Å². The number of hydrogen-bond acceptors (Lipinski definition) is 3. The first-order valence-electron chi connectivity index (χ1n) is 6.98. The van der Waals surface area contributed by atoms with E-state index in [-0.39, 0.29) is 5.91 Å². The highest BCUT2D eigenvalue weighted by Crippen LogP contribution is 2.34. The zero-order valence-electron chi connectivity index (χ0n) is 11.8. The number of amides is 1. The Balaban J connectivity index is 2.17. The van der Waals surface area contributed by atoms with E-state index in [0.29, 0.717) is 29.8 Å². The van der Waals surface area contributed by atoms with Gasteiger partial charge < -0.3 is 14.4 Å². The number of carbonyl (C=O) groups is 2. The van der Waals surface area contributed by atoms with Crippen molar-refractivity contribution in [2.45, 2.75) is 38.1 Å². The van der Waals surface area contributed by atoms with Gasteiger partial charge in [-0.2, -0.15) is 0 Å². The minimum Gasteiger partial charge on any atom is -0.479 e. The lowest BCUT2D eigenvalue weighted by Gasteiger charge is -2.34. The van der Waals surface area contributed by atoms with E-state index in [2.05, 4.69) is 15.9 Å². The minimum atomic E-state index is -1.06. The van der Waals surface area contributed by atoms with Crippen LogP contribution in [0.5, 0.6) is 0 Å². The number of halogens is 1. The van der Waals surface area contributed by atoms with Gasteiger partial charge in [-0.05, 0) is 53.4 Å². The SMILES string of the molecule is CCCC1(C(=O)O)CCCN1C(=O)/C=C/c1ccc(Br)o1. The Hall–Kier alpha value is -1.56. The number of carbonyl (C=O) groups excluding carboxylic acids is 1. The summed E-state index contributed by atoms with van der Waals surface area (Å²) in [6, 6.07) is 3.47. The summed E-state index contributed by atoms with van der Waals surface area (Å²) in [5.74, 6) is -0.647. The zero-order chi connectivity index (χ0) is 15.5. The van der Waals surface area contributed by atoms with E-state index in [1.165, 1.54) is 11.0 Å². The third kappa shape index (κ3) is 3.20. The van der Waals surface area contributed by atoms with Crippen molar-refractivity contribution in [2.75, 3.05) is 6.54 Å². The molecule has 0 bridgehead atoms. The number of furan rings is 1. The first-order valence-corrected chi connectivity index (χ1v) is 7.77. The topological polar surface area (TPSA) is 70.8 Å². The second-order valence-corrected chi connectivity index (χ2v) is 5.94. The smallest absolute Gasteiger partial charge is 0.329 e. The molecule has 0 spiro atoms. The fraction of sp³-hybridized carbons (Fsp3) is 0.467. The Labute approximate surface area is 131 Å². The monoisotopic (exact) mass is 355 g/mol. The molecule has 0 aliphatic carbocycles. The highest BCUT2D eigenvalue weighted by molar-refractivity contribution is 9.10. The average Bonchev–Trinajstić information content (AvgIpc) is 3.04. The number of carboxylic acid groups (broad SMARTS) is 1. The third-order valence-electron chi connectivity index (χ3n) is 3.80. The van der Waals surface area contributed by atoms with E-state index in [0.717, 1.165) is 12.8 Å². The number of carboxylic acids is 1. The molecule has 5 nitrogen and oxygen atoms in total. The molecular weight excluding hydrogens is 338 g/mol. The van der Waals surface area contributed by atoms with Crippen LogP contribution in [0, 0.1) is 0 Å². The van der Waals surface area contributed by atoms with E-state index in [4.69, 9.17) is 4.42 Å². The van der Waals surface area contributed by atoms with E-state index < -0.39 is 11.5 Å². The molecule has 2 rings (SSSR count). The Morgan fingerprint density at radius 1 is 1.52 bits per heavy atom. The molecule has 1 fully saturated rings. The lowest BCUT2D eigenvalue weighted by Crippen LogP contribution is -2.52. The average molecular weight is 356 g/mol. The maximum absolute atomic E-state index is 12.3. The van der Waals surface area contributed by atoms with Gasteiger partial charge in [0.1, 0.15) is 11.3 Å². The van der Waals surface area contributed by atoms with Crippen molar-refractivity contribution in [1.29, 1.82) is 0 Å². The summed E-state index contributed by atoms with van der Waals surface area (Å²) in [5, 5.41) is 9.56. The van der Waals surface area contributed by atoms with Crippen LogP contribution in [0.4, 0.5) is 0 Å². The summed E-state index contributed by atoms with van der Waals surface area (Å²) in [6.45, 7) is 2.42. The van der Waals surface area contributed by atoms with Crippen molar-refractivity contribution in [2.24, 2.45) is 0 Å². The molecule has 114 valence electrons. The largest absolute Gasteiger partial charge is 0.479 e. The maximum Gasteiger partial charge on any atom is 0.329 e. The van der Waals surface area contributed by atoms with Crippen molar-refractivity contribution >= 4 is 33.9 Å². The number of nitrogens with zero attached hydrogens (tertiary/aromatic N) is 1. The molecule has 1 atom stereocenters. The second kappa shape index (κ2) is 6.47. The molecule has 1 N–H and O–H groups in total. The molecule has 1 aromatic rings. The molecule has 1 saturated heterocycles. The van der Waals surface area contributed by atoms with Gasteiger partial charge in [0.2, 0.25) is 5.91 Å². The van der Waals surface area contributed by atoms with Crippen LogP contribution in [-0.4, -0.2) is 34.0 Å². The molecule has 1 unspecified atom stereocenters. The second-order valence-electron chi connectivity index (χ2n) is 5.16. The number of likely N-dealkylation sites (tertiary alicyclic amines) is 1. The summed E-state index contributed by atoms with van der Waals surface area (Å²) in [7, 11) is 0. The van der Waals surface area contributed by atoms with Crippen LogP contribution < -0.4 is 0 Å².